The molecule has 0 saturated carbocycles. The number of aromatic nitrogens is 1. The number of H-pyrrole nitrogens is 1. The van der Waals surface area contributed by atoms with Crippen LogP contribution < -0.4 is 47.3 Å². The Labute approximate surface area is 711 Å². The van der Waals surface area contributed by atoms with Gasteiger partial charge >= 0.3 is 29.8 Å². The quantitative estimate of drug-likeness (QED) is 0.00982. The molecule has 0 spiro atoms. The van der Waals surface area contributed by atoms with E-state index in [2.05, 4.69) is 47.5 Å². The van der Waals surface area contributed by atoms with Gasteiger partial charge in [-0.15, -0.1) is 0 Å². The van der Waals surface area contributed by atoms with Crippen molar-refractivity contribution in [2.24, 2.45) is 0 Å². The summed E-state index contributed by atoms with van der Waals surface area (Å²) in [5.74, 6) is -1.47. The van der Waals surface area contributed by atoms with Crippen molar-refractivity contribution in [1.29, 1.82) is 0 Å². The molecule has 0 aliphatic rings. The van der Waals surface area contributed by atoms with E-state index >= 15 is 0 Å². The average Bonchev–Trinajstić information content (AvgIpc) is 1.69. The summed E-state index contributed by atoms with van der Waals surface area (Å²) >= 11 is 1.64. The average molecular weight is 1660 g/mol. The van der Waals surface area contributed by atoms with Crippen molar-refractivity contribution in [3.63, 3.8) is 0 Å². The lowest BCUT2D eigenvalue weighted by molar-refractivity contribution is -0.161. The number of para-hydroxylation sites is 1. The van der Waals surface area contributed by atoms with Crippen LogP contribution >= 0.6 is 11.8 Å². The molecule has 9 N–H and O–H groups in total. The number of thioether (sulfide) groups is 1. The van der Waals surface area contributed by atoms with Crippen molar-refractivity contribution in [2.75, 3.05) is 38.2 Å². The summed E-state index contributed by atoms with van der Waals surface area (Å²) in [4.78, 5) is 115. The van der Waals surface area contributed by atoms with E-state index in [1.165, 1.54) is 5.56 Å². The van der Waals surface area contributed by atoms with Crippen molar-refractivity contribution < 1.29 is 71.6 Å². The predicted molar refractivity (Wildman–Crippen MR) is 473 cm³/mol. The molecular weight excluding hydrogens is 1530 g/mol. The molecule has 25 heteroatoms. The number of aromatic amines is 1. The molecule has 0 saturated heterocycles. The third kappa shape index (κ3) is 48.1. The van der Waals surface area contributed by atoms with Crippen LogP contribution in [0.4, 0.5) is 0 Å². The zero-order valence-corrected chi connectivity index (χ0v) is 74.6. The third-order valence-corrected chi connectivity index (χ3v) is 17.1. The lowest BCUT2D eigenvalue weighted by atomic mass is 10.0. The highest BCUT2D eigenvalue weighted by Crippen LogP contribution is 2.24. The fourth-order valence-electron chi connectivity index (χ4n) is 11.3. The molecule has 652 valence electrons. The van der Waals surface area contributed by atoms with Crippen LogP contribution in [0.1, 0.15) is 203 Å². The van der Waals surface area contributed by atoms with Crippen molar-refractivity contribution >= 4 is 76.1 Å². The van der Waals surface area contributed by atoms with Crippen molar-refractivity contribution in [2.45, 2.75) is 266 Å². The van der Waals surface area contributed by atoms with Crippen LogP contribution in [0.3, 0.4) is 0 Å². The standard InChI is InChI=1S/C27H38N2O4.C25H31N3O3.C23H36N2O5.C19H30N2O3S/c1-26(2,3)32-22-14-12-20(13-15-22)18-23(25(31)33-27(4,5)6)29-24(30)16-17-28-19-21-10-8-7-9-11-21;1-25(2,3)31-24(30)22(15-19-17-27-21-12-8-7-11-20(19)21)28-23(29)13-14-26-16-18-9-5-4-6-10-18;1-22(2,3)29-20(27)13-12-18(21(28)30-23(4,5)6)25-19(26)14-15-24-16-17-10-8-7-9-11-17;1-19(2,3)24-18(23)16(11-13-25-4)21-17(22)10-12-20-14-15-8-6-5-7-9-15/h7-15,23,28H,16-19H2,1-6H3,(H,29,30);4-12,17,22,26-27H,13-16H2,1-3H3,(H,28,29);7-11,18,24H,12-16H2,1-6H3,(H,25,26);5-9,16,20H,10-14H2,1-4H3,(H,21,22)/t23-;22-;18-;16-/m0000/s1. The maximum absolute atomic E-state index is 12.8. The molecule has 1 aromatic heterocycles. The Hall–Kier alpha value is -9.92. The van der Waals surface area contributed by atoms with Crippen LogP contribution in [0.2, 0.25) is 0 Å². The zero-order valence-electron chi connectivity index (χ0n) is 73.8. The Morgan fingerprint density at radius 2 is 0.647 bits per heavy atom. The first kappa shape index (κ1) is 101. The van der Waals surface area contributed by atoms with Gasteiger partial charge in [0.1, 0.15) is 63.5 Å². The van der Waals surface area contributed by atoms with Gasteiger partial charge < -0.3 is 75.9 Å². The van der Waals surface area contributed by atoms with Gasteiger partial charge in [0.25, 0.3) is 0 Å². The summed E-state index contributed by atoms with van der Waals surface area (Å²) in [7, 11) is 0. The molecule has 0 radical (unpaired) electrons. The molecule has 7 rings (SSSR count). The molecule has 1 heterocycles. The number of hydrogen-bond donors (Lipinski definition) is 9. The molecular formula is C94H135N9O15S. The number of ether oxygens (including phenoxy) is 6. The highest BCUT2D eigenvalue weighted by molar-refractivity contribution is 7.98. The van der Waals surface area contributed by atoms with Gasteiger partial charge in [0.2, 0.25) is 23.6 Å². The third-order valence-electron chi connectivity index (χ3n) is 16.5. The number of fused-ring (bicyclic) bond motifs is 1. The molecule has 0 bridgehead atoms. The molecule has 4 atom stereocenters. The predicted octanol–water partition coefficient (Wildman–Crippen LogP) is 14.0. The minimum atomic E-state index is -0.904. The van der Waals surface area contributed by atoms with Gasteiger partial charge in [-0.2, -0.15) is 11.8 Å². The fourth-order valence-corrected chi connectivity index (χ4v) is 11.7. The second-order valence-electron chi connectivity index (χ2n) is 34.8. The number of benzene rings is 6. The summed E-state index contributed by atoms with van der Waals surface area (Å²) in [6.07, 6.45) is 6.33. The van der Waals surface area contributed by atoms with Crippen LogP contribution in [0, 0.1) is 0 Å². The first-order valence-corrected chi connectivity index (χ1v) is 42.4. The molecule has 0 aliphatic heterocycles. The van der Waals surface area contributed by atoms with Gasteiger partial charge in [0.15, 0.2) is 0 Å². The maximum atomic E-state index is 12.8. The molecule has 6 aromatic carbocycles. The van der Waals surface area contributed by atoms with Gasteiger partial charge in [-0.25, -0.2) is 19.2 Å². The van der Waals surface area contributed by atoms with Crippen molar-refractivity contribution in [3.05, 3.63) is 209 Å². The van der Waals surface area contributed by atoms with E-state index in [4.69, 9.17) is 28.4 Å². The first-order chi connectivity index (χ1) is 55.9. The molecule has 0 unspecified atom stereocenters. The smallest absolute Gasteiger partial charge is 0.329 e. The van der Waals surface area contributed by atoms with Crippen LogP contribution in [-0.2, 0) is 106 Å². The van der Waals surface area contributed by atoms with Crippen molar-refractivity contribution in [3.8, 4) is 5.75 Å². The topological polar surface area (TPSA) is 321 Å². The second-order valence-corrected chi connectivity index (χ2v) is 35.8. The Morgan fingerprint density at radius 1 is 0.336 bits per heavy atom. The zero-order chi connectivity index (χ0) is 88.2. The number of amides is 4. The van der Waals surface area contributed by atoms with Gasteiger partial charge in [-0.1, -0.05) is 152 Å². The lowest BCUT2D eigenvalue weighted by Crippen LogP contribution is -2.46. The number of carbonyl (C=O) groups is 9. The Morgan fingerprint density at radius 3 is 0.983 bits per heavy atom. The Bertz CT molecular complexity index is 4160. The minimum absolute atomic E-state index is 0.00766. The van der Waals surface area contributed by atoms with Gasteiger partial charge in [-0.3, -0.25) is 24.0 Å². The summed E-state index contributed by atoms with van der Waals surface area (Å²) in [5, 5.41) is 25.2. The Kier molecular flexibility index (Phi) is 43.9. The van der Waals surface area contributed by atoms with Crippen LogP contribution in [0.5, 0.6) is 5.75 Å². The number of nitrogens with one attached hydrogen (secondary N) is 9. The van der Waals surface area contributed by atoms with Gasteiger partial charge in [0.05, 0.1) is 0 Å². The van der Waals surface area contributed by atoms with Crippen LogP contribution in [0.25, 0.3) is 10.9 Å². The number of hydrogen-bond acceptors (Lipinski definition) is 20. The summed E-state index contributed by atoms with van der Waals surface area (Å²) in [5.41, 5.74) is 4.09. The lowest BCUT2D eigenvalue weighted by Gasteiger charge is -2.25. The summed E-state index contributed by atoms with van der Waals surface area (Å²) in [6, 6.07) is 52.4. The maximum Gasteiger partial charge on any atom is 0.329 e. The normalized spacial score (nSPS) is 12.6. The van der Waals surface area contributed by atoms with E-state index in [1.54, 1.807) is 53.3 Å². The van der Waals surface area contributed by atoms with Gasteiger partial charge in [-0.05, 0) is 201 Å². The van der Waals surface area contributed by atoms with Gasteiger partial charge in [0, 0.05) is 114 Å². The summed E-state index contributed by atoms with van der Waals surface area (Å²) in [6.45, 7) is 37.8. The van der Waals surface area contributed by atoms with E-state index < -0.39 is 76.0 Å². The first-order valence-electron chi connectivity index (χ1n) is 41.0. The molecule has 4 amide bonds. The van der Waals surface area contributed by atoms with Crippen LogP contribution in [0.15, 0.2) is 176 Å². The molecule has 7 aromatic rings. The molecule has 119 heavy (non-hydrogen) atoms. The van der Waals surface area contributed by atoms with E-state index in [0.29, 0.717) is 71.5 Å². The van der Waals surface area contributed by atoms with E-state index in [1.807, 2.05) is 265 Å². The van der Waals surface area contributed by atoms with E-state index in [-0.39, 0.29) is 67.3 Å². The highest BCUT2D eigenvalue weighted by atomic mass is 32.2. The fraction of sp³-hybridized carbons (Fsp3) is 0.500. The largest absolute Gasteiger partial charge is 0.488 e. The number of esters is 5. The highest BCUT2D eigenvalue weighted by Gasteiger charge is 2.32. The Balaban J connectivity index is 0.000000335. The molecule has 24 nitrogen and oxygen atoms in total. The van der Waals surface area contributed by atoms with E-state index in [0.717, 1.165) is 56.8 Å². The number of rotatable bonds is 39. The number of carbonyl (C=O) groups excluding carboxylic acids is 9. The van der Waals surface area contributed by atoms with E-state index in [9.17, 15) is 43.2 Å². The molecule has 0 fully saturated rings. The summed E-state index contributed by atoms with van der Waals surface area (Å²) < 4.78 is 33.1. The monoisotopic (exact) mass is 1660 g/mol. The van der Waals surface area contributed by atoms with Crippen LogP contribution in [-0.4, -0.2) is 154 Å². The second kappa shape index (κ2) is 51.5. The SMILES string of the molecule is CC(C)(C)OC(=O)CC[C@H](NC(=O)CCNCc1ccccc1)C(=O)OC(C)(C)C.CC(C)(C)OC(=O)[C@H](Cc1c[nH]c2ccccc12)NC(=O)CCNCc1ccccc1.CC(C)(C)OC(=O)[C@H](Cc1ccc(OC(C)(C)C)cc1)NC(=O)CCNCc1ccccc1.CSCC[C@H](NC(=O)CCNCc1ccccc1)C(=O)OC(C)(C)C. The van der Waals surface area contributed by atoms with Crippen molar-refractivity contribution in [1.82, 2.24) is 47.5 Å². The molecule has 0 aliphatic carbocycles. The minimum Gasteiger partial charge on any atom is -0.488 e.